The fraction of sp³-hybridized carbons (Fsp3) is 0.308. The van der Waals surface area contributed by atoms with E-state index >= 15 is 0 Å². The van der Waals surface area contributed by atoms with E-state index in [1.807, 2.05) is 0 Å². The van der Waals surface area contributed by atoms with E-state index in [1.54, 1.807) is 18.5 Å². The average molecular weight is 297 g/mol. The van der Waals surface area contributed by atoms with Crippen LogP contribution in [0.4, 0.5) is 4.39 Å². The van der Waals surface area contributed by atoms with Crippen molar-refractivity contribution >= 4 is 17.5 Å². The summed E-state index contributed by atoms with van der Waals surface area (Å²) in [6.07, 6.45) is 4.01. The van der Waals surface area contributed by atoms with E-state index in [2.05, 4.69) is 15.5 Å². The summed E-state index contributed by atoms with van der Waals surface area (Å²) >= 11 is 5.68. The smallest absolute Gasteiger partial charge is 0.220 e. The van der Waals surface area contributed by atoms with Gasteiger partial charge in [0.1, 0.15) is 5.82 Å². The van der Waals surface area contributed by atoms with Gasteiger partial charge in [0.05, 0.1) is 24.0 Å². The first-order chi connectivity index (χ1) is 9.65. The van der Waals surface area contributed by atoms with E-state index in [-0.39, 0.29) is 10.9 Å². The zero-order valence-electron chi connectivity index (χ0n) is 10.7. The maximum Gasteiger partial charge on any atom is 0.220 e. The van der Waals surface area contributed by atoms with Gasteiger partial charge in [0.15, 0.2) is 0 Å². The molecule has 0 aliphatic rings. The highest BCUT2D eigenvalue weighted by molar-refractivity contribution is 6.30. The number of amides is 1. The predicted molar refractivity (Wildman–Crippen MR) is 72.8 cm³/mol. The van der Waals surface area contributed by atoms with Gasteiger partial charge < -0.3 is 5.32 Å². The Hall–Kier alpha value is -1.95. The highest BCUT2D eigenvalue weighted by Gasteiger charge is 2.05. The number of hydrogen-bond donors (Lipinski definition) is 1. The van der Waals surface area contributed by atoms with Crippen molar-refractivity contribution in [3.05, 3.63) is 47.0 Å². The molecule has 0 aliphatic carbocycles. The van der Waals surface area contributed by atoms with Gasteiger partial charge in [0.2, 0.25) is 5.91 Å². The summed E-state index contributed by atoms with van der Waals surface area (Å²) in [5.41, 5.74) is 0.834. The Kier molecular flexibility index (Phi) is 5.06. The number of aryl methyl sites for hydroxylation is 1. The van der Waals surface area contributed by atoms with Crippen LogP contribution in [0.25, 0.3) is 0 Å². The highest BCUT2D eigenvalue weighted by Crippen LogP contribution is 2.16. The van der Waals surface area contributed by atoms with E-state index < -0.39 is 5.82 Å². The van der Waals surface area contributed by atoms with Crippen molar-refractivity contribution in [2.45, 2.75) is 19.4 Å². The van der Waals surface area contributed by atoms with Gasteiger partial charge in [-0.05, 0) is 24.1 Å². The van der Waals surface area contributed by atoms with Crippen molar-refractivity contribution in [2.75, 3.05) is 6.54 Å². The van der Waals surface area contributed by atoms with Crippen molar-refractivity contribution in [3.8, 4) is 0 Å². The minimum Gasteiger partial charge on any atom is -0.354 e. The van der Waals surface area contributed by atoms with Crippen molar-refractivity contribution in [1.82, 2.24) is 20.3 Å². The molecule has 0 atom stereocenters. The monoisotopic (exact) mass is 296 g/mol. The van der Waals surface area contributed by atoms with Gasteiger partial charge in [-0.1, -0.05) is 17.7 Å². The molecule has 0 radical (unpaired) electrons. The molecule has 1 heterocycles. The van der Waals surface area contributed by atoms with Gasteiger partial charge in [-0.15, -0.1) is 0 Å². The van der Waals surface area contributed by atoms with Crippen LogP contribution in [0.5, 0.6) is 0 Å². The van der Waals surface area contributed by atoms with Gasteiger partial charge in [-0.25, -0.2) is 4.39 Å². The zero-order valence-corrected chi connectivity index (χ0v) is 11.5. The molecular formula is C13H14ClFN4O. The molecule has 0 saturated heterocycles. The molecule has 1 N–H and O–H groups in total. The lowest BCUT2D eigenvalue weighted by Crippen LogP contribution is -2.27. The number of carbonyl (C=O) groups is 1. The number of carbonyl (C=O) groups excluding carboxylic acids is 1. The van der Waals surface area contributed by atoms with Crippen LogP contribution in [0, 0.1) is 5.82 Å². The second-order valence-electron chi connectivity index (χ2n) is 4.22. The molecule has 0 bridgehead atoms. The van der Waals surface area contributed by atoms with Gasteiger partial charge in [0, 0.05) is 13.0 Å². The van der Waals surface area contributed by atoms with Crippen LogP contribution in [-0.2, 0) is 17.8 Å². The van der Waals surface area contributed by atoms with Crippen molar-refractivity contribution in [1.29, 1.82) is 0 Å². The maximum atomic E-state index is 13.0. The number of benzene rings is 1. The molecule has 0 fully saturated rings. The average Bonchev–Trinajstić information content (AvgIpc) is 2.93. The van der Waals surface area contributed by atoms with Crippen LogP contribution >= 0.6 is 11.6 Å². The molecule has 1 aromatic carbocycles. The number of nitrogens with one attached hydrogen (secondary N) is 1. The zero-order chi connectivity index (χ0) is 14.4. The van der Waals surface area contributed by atoms with Gasteiger partial charge in [0.25, 0.3) is 0 Å². The fourth-order valence-corrected chi connectivity index (χ4v) is 1.90. The van der Waals surface area contributed by atoms with Crippen LogP contribution < -0.4 is 5.32 Å². The number of nitrogens with zero attached hydrogens (tertiary/aromatic N) is 3. The minimum absolute atomic E-state index is 0.0717. The Morgan fingerprint density at radius 3 is 2.80 bits per heavy atom. The van der Waals surface area contributed by atoms with Crippen LogP contribution in [0.1, 0.15) is 12.0 Å². The second kappa shape index (κ2) is 7.00. The molecular weight excluding hydrogens is 283 g/mol. The number of rotatable bonds is 6. The number of aromatic nitrogens is 3. The molecule has 106 valence electrons. The lowest BCUT2D eigenvalue weighted by atomic mass is 10.1. The van der Waals surface area contributed by atoms with E-state index in [4.69, 9.17) is 11.6 Å². The molecule has 2 aromatic rings. The Labute approximate surface area is 120 Å². The summed E-state index contributed by atoms with van der Waals surface area (Å²) in [4.78, 5) is 13.1. The highest BCUT2D eigenvalue weighted by atomic mass is 35.5. The van der Waals surface area contributed by atoms with Gasteiger partial charge >= 0.3 is 0 Å². The molecule has 1 amide bonds. The Balaban J connectivity index is 1.70. The molecule has 0 unspecified atom stereocenters. The standard InChI is InChI=1S/C13H14ClFN4O/c14-11-9-10(1-3-12(11)15)2-4-13(20)16-7-8-19-17-5-6-18-19/h1,3,5-6,9H,2,4,7-8H2,(H,16,20). The maximum absolute atomic E-state index is 13.0. The summed E-state index contributed by atoms with van der Waals surface area (Å²) in [7, 11) is 0. The largest absolute Gasteiger partial charge is 0.354 e. The van der Waals surface area contributed by atoms with E-state index in [0.29, 0.717) is 25.9 Å². The Bertz CT molecular complexity index is 574. The molecule has 0 aliphatic heterocycles. The third-order valence-corrected chi connectivity index (χ3v) is 3.01. The van der Waals surface area contributed by atoms with Crippen LogP contribution in [-0.4, -0.2) is 27.4 Å². The van der Waals surface area contributed by atoms with Crippen molar-refractivity contribution < 1.29 is 9.18 Å². The van der Waals surface area contributed by atoms with E-state index in [1.165, 1.54) is 16.9 Å². The van der Waals surface area contributed by atoms with Gasteiger partial charge in [-0.2, -0.15) is 15.0 Å². The van der Waals surface area contributed by atoms with Crippen molar-refractivity contribution in [2.24, 2.45) is 0 Å². The van der Waals surface area contributed by atoms with Crippen LogP contribution in [0.3, 0.4) is 0 Å². The quantitative estimate of drug-likeness (QED) is 0.884. The SMILES string of the molecule is O=C(CCc1ccc(F)c(Cl)c1)NCCn1nccn1. The summed E-state index contributed by atoms with van der Waals surface area (Å²) in [5, 5.41) is 10.7. The summed E-state index contributed by atoms with van der Waals surface area (Å²) in [6, 6.07) is 4.47. The lowest BCUT2D eigenvalue weighted by Gasteiger charge is -2.05. The molecule has 20 heavy (non-hydrogen) atoms. The number of hydrogen-bond acceptors (Lipinski definition) is 3. The topological polar surface area (TPSA) is 59.8 Å². The Morgan fingerprint density at radius 1 is 1.35 bits per heavy atom. The lowest BCUT2D eigenvalue weighted by molar-refractivity contribution is -0.121. The predicted octanol–water partition coefficient (Wildman–Crippen LogP) is 1.82. The molecule has 1 aromatic heterocycles. The molecule has 2 rings (SSSR count). The minimum atomic E-state index is -0.452. The Morgan fingerprint density at radius 2 is 2.10 bits per heavy atom. The first kappa shape index (κ1) is 14.5. The second-order valence-corrected chi connectivity index (χ2v) is 4.63. The molecule has 0 spiro atoms. The fourth-order valence-electron chi connectivity index (χ4n) is 1.70. The third-order valence-electron chi connectivity index (χ3n) is 2.73. The molecule has 7 heteroatoms. The first-order valence-corrected chi connectivity index (χ1v) is 6.57. The van der Waals surface area contributed by atoms with Crippen LogP contribution in [0.2, 0.25) is 5.02 Å². The number of halogens is 2. The third kappa shape index (κ3) is 4.31. The first-order valence-electron chi connectivity index (χ1n) is 6.20. The summed E-state index contributed by atoms with van der Waals surface area (Å²) in [5.74, 6) is -0.524. The normalized spacial score (nSPS) is 10.5. The summed E-state index contributed by atoms with van der Waals surface area (Å²) < 4.78 is 13.0. The van der Waals surface area contributed by atoms with Crippen molar-refractivity contribution in [3.63, 3.8) is 0 Å². The molecule has 5 nitrogen and oxygen atoms in total. The van der Waals surface area contributed by atoms with Crippen LogP contribution in [0.15, 0.2) is 30.6 Å². The van der Waals surface area contributed by atoms with E-state index in [0.717, 1.165) is 5.56 Å². The van der Waals surface area contributed by atoms with Gasteiger partial charge in [-0.3, -0.25) is 4.79 Å². The summed E-state index contributed by atoms with van der Waals surface area (Å²) in [6.45, 7) is 0.999. The molecule has 0 saturated carbocycles. The van der Waals surface area contributed by atoms with E-state index in [9.17, 15) is 9.18 Å².